The van der Waals surface area contributed by atoms with Crippen LogP contribution in [0.25, 0.3) is 0 Å². The van der Waals surface area contributed by atoms with Crippen LogP contribution in [-0.4, -0.2) is 28.0 Å². The molecule has 1 aromatic heterocycles. The highest BCUT2D eigenvalue weighted by Gasteiger charge is 2.18. The van der Waals surface area contributed by atoms with Gasteiger partial charge in [-0.3, -0.25) is 4.90 Å². The van der Waals surface area contributed by atoms with Crippen molar-refractivity contribution in [3.05, 3.63) is 16.1 Å². The molecule has 0 bridgehead atoms. The number of thiazole rings is 1. The molecule has 5 heteroatoms. The van der Waals surface area contributed by atoms with Gasteiger partial charge in [-0.25, -0.2) is 4.98 Å². The SMILES string of the molecule is CCN(Cc1nc(C(C)(C)C)cs1)CC(C)C(N)=S. The van der Waals surface area contributed by atoms with Gasteiger partial charge in [-0.2, -0.15) is 0 Å². The summed E-state index contributed by atoms with van der Waals surface area (Å²) in [5, 5.41) is 3.34. The maximum atomic E-state index is 5.69. The van der Waals surface area contributed by atoms with Crippen LogP contribution in [0, 0.1) is 5.92 Å². The van der Waals surface area contributed by atoms with Gasteiger partial charge in [0, 0.05) is 23.3 Å². The van der Waals surface area contributed by atoms with Crippen molar-refractivity contribution in [1.82, 2.24) is 9.88 Å². The number of hydrogen-bond donors (Lipinski definition) is 1. The van der Waals surface area contributed by atoms with Crippen LogP contribution in [0.1, 0.15) is 45.3 Å². The number of rotatable bonds is 6. The van der Waals surface area contributed by atoms with E-state index in [1.165, 1.54) is 10.7 Å². The highest BCUT2D eigenvalue weighted by molar-refractivity contribution is 7.80. The quantitative estimate of drug-likeness (QED) is 0.819. The van der Waals surface area contributed by atoms with E-state index in [-0.39, 0.29) is 11.3 Å². The smallest absolute Gasteiger partial charge is 0.107 e. The molecule has 0 saturated heterocycles. The maximum absolute atomic E-state index is 5.69. The van der Waals surface area contributed by atoms with Crippen LogP contribution in [0.5, 0.6) is 0 Å². The van der Waals surface area contributed by atoms with Crippen LogP contribution in [-0.2, 0) is 12.0 Å². The number of thiocarbonyl (C=S) groups is 1. The molecule has 0 fully saturated rings. The molecular weight excluding hydrogens is 274 g/mol. The molecule has 0 aliphatic heterocycles. The van der Waals surface area contributed by atoms with Gasteiger partial charge in [0.2, 0.25) is 0 Å². The Morgan fingerprint density at radius 3 is 2.58 bits per heavy atom. The summed E-state index contributed by atoms with van der Waals surface area (Å²) < 4.78 is 0. The molecule has 0 radical (unpaired) electrons. The molecule has 0 aromatic carbocycles. The van der Waals surface area contributed by atoms with Gasteiger partial charge in [0.25, 0.3) is 0 Å². The van der Waals surface area contributed by atoms with Gasteiger partial charge in [-0.05, 0) is 6.54 Å². The number of hydrogen-bond acceptors (Lipinski definition) is 4. The van der Waals surface area contributed by atoms with Gasteiger partial charge in [0.05, 0.1) is 17.2 Å². The highest BCUT2D eigenvalue weighted by atomic mass is 32.1. The fraction of sp³-hybridized carbons (Fsp3) is 0.714. The summed E-state index contributed by atoms with van der Waals surface area (Å²) in [6.07, 6.45) is 0. The molecule has 0 aliphatic rings. The molecular formula is C14H25N3S2. The van der Waals surface area contributed by atoms with E-state index in [2.05, 4.69) is 44.9 Å². The second kappa shape index (κ2) is 6.77. The third kappa shape index (κ3) is 5.16. The molecule has 0 spiro atoms. The zero-order valence-electron chi connectivity index (χ0n) is 12.6. The van der Waals surface area contributed by atoms with Crippen molar-refractivity contribution < 1.29 is 0 Å². The normalized spacial score (nSPS) is 13.8. The average Bonchev–Trinajstić information content (AvgIpc) is 2.76. The monoisotopic (exact) mass is 299 g/mol. The molecule has 1 heterocycles. The summed E-state index contributed by atoms with van der Waals surface area (Å²) in [5.41, 5.74) is 6.98. The molecule has 1 unspecified atom stereocenters. The minimum absolute atomic E-state index is 0.123. The molecule has 1 atom stereocenters. The molecule has 1 rings (SSSR count). The Bertz CT molecular complexity index is 421. The zero-order valence-corrected chi connectivity index (χ0v) is 14.2. The largest absolute Gasteiger partial charge is 0.393 e. The van der Waals surface area contributed by atoms with Crippen molar-refractivity contribution in [2.75, 3.05) is 13.1 Å². The summed E-state index contributed by atoms with van der Waals surface area (Å²) in [6.45, 7) is 13.6. The van der Waals surface area contributed by atoms with Crippen LogP contribution < -0.4 is 5.73 Å². The van der Waals surface area contributed by atoms with Crippen molar-refractivity contribution >= 4 is 28.5 Å². The fourth-order valence-electron chi connectivity index (χ4n) is 1.70. The van der Waals surface area contributed by atoms with Gasteiger partial charge in [-0.15, -0.1) is 11.3 Å². The van der Waals surface area contributed by atoms with E-state index in [1.807, 2.05) is 0 Å². The number of nitrogens with two attached hydrogens (primary N) is 1. The standard InChI is InChI=1S/C14H25N3S2/c1-6-17(7-10(2)13(15)18)8-12-16-11(9-19-12)14(3,4)5/h9-10H,6-8H2,1-5H3,(H2,15,18). The average molecular weight is 300 g/mol. The Morgan fingerprint density at radius 1 is 1.53 bits per heavy atom. The first-order valence-corrected chi connectivity index (χ1v) is 7.99. The van der Waals surface area contributed by atoms with Crippen molar-refractivity contribution in [2.24, 2.45) is 11.7 Å². The van der Waals surface area contributed by atoms with Gasteiger partial charge >= 0.3 is 0 Å². The Kier molecular flexibility index (Phi) is 5.89. The van der Waals surface area contributed by atoms with Crippen LogP contribution >= 0.6 is 23.6 Å². The third-order valence-electron chi connectivity index (χ3n) is 3.14. The summed E-state index contributed by atoms with van der Waals surface area (Å²) in [6, 6.07) is 0. The summed E-state index contributed by atoms with van der Waals surface area (Å²) in [5.74, 6) is 0.247. The van der Waals surface area contributed by atoms with E-state index in [9.17, 15) is 0 Å². The third-order valence-corrected chi connectivity index (χ3v) is 4.38. The first-order chi connectivity index (χ1) is 8.74. The Hall–Kier alpha value is -0.520. The Balaban J connectivity index is 2.66. The first-order valence-electron chi connectivity index (χ1n) is 6.70. The Labute approximate surface area is 126 Å². The van der Waals surface area contributed by atoms with E-state index >= 15 is 0 Å². The maximum Gasteiger partial charge on any atom is 0.107 e. The minimum Gasteiger partial charge on any atom is -0.393 e. The first kappa shape index (κ1) is 16.5. The lowest BCUT2D eigenvalue weighted by Gasteiger charge is -2.22. The number of nitrogens with zero attached hydrogens (tertiary/aromatic N) is 2. The van der Waals surface area contributed by atoms with Crippen LogP contribution in [0.4, 0.5) is 0 Å². The van der Waals surface area contributed by atoms with E-state index < -0.39 is 0 Å². The van der Waals surface area contributed by atoms with Gasteiger partial charge in [-0.1, -0.05) is 46.8 Å². The topological polar surface area (TPSA) is 42.2 Å². The van der Waals surface area contributed by atoms with Gasteiger partial charge in [0.15, 0.2) is 0 Å². The molecule has 2 N–H and O–H groups in total. The summed E-state index contributed by atoms with van der Waals surface area (Å²) >= 11 is 6.78. The lowest BCUT2D eigenvalue weighted by atomic mass is 9.93. The van der Waals surface area contributed by atoms with Crippen molar-refractivity contribution in [3.63, 3.8) is 0 Å². The summed E-state index contributed by atoms with van der Waals surface area (Å²) in [4.78, 5) is 7.67. The van der Waals surface area contributed by atoms with E-state index in [0.717, 1.165) is 19.6 Å². The molecule has 19 heavy (non-hydrogen) atoms. The lowest BCUT2D eigenvalue weighted by molar-refractivity contribution is 0.263. The zero-order chi connectivity index (χ0) is 14.6. The number of aromatic nitrogens is 1. The van der Waals surface area contributed by atoms with E-state index in [4.69, 9.17) is 22.9 Å². The molecule has 3 nitrogen and oxygen atoms in total. The predicted octanol–water partition coefficient (Wildman–Crippen LogP) is 3.18. The van der Waals surface area contributed by atoms with E-state index in [0.29, 0.717) is 4.99 Å². The van der Waals surface area contributed by atoms with E-state index in [1.54, 1.807) is 11.3 Å². The fourth-order valence-corrected chi connectivity index (χ4v) is 2.84. The van der Waals surface area contributed by atoms with Crippen LogP contribution in [0.3, 0.4) is 0 Å². The second-order valence-electron chi connectivity index (χ2n) is 6.01. The molecule has 0 saturated carbocycles. The van der Waals surface area contributed by atoms with Crippen molar-refractivity contribution in [3.8, 4) is 0 Å². The molecule has 108 valence electrons. The molecule has 1 aromatic rings. The van der Waals surface area contributed by atoms with Crippen molar-refractivity contribution in [1.29, 1.82) is 0 Å². The van der Waals surface area contributed by atoms with Gasteiger partial charge < -0.3 is 5.73 Å². The highest BCUT2D eigenvalue weighted by Crippen LogP contribution is 2.24. The van der Waals surface area contributed by atoms with Crippen LogP contribution in [0.15, 0.2) is 5.38 Å². The molecule has 0 aliphatic carbocycles. The predicted molar refractivity (Wildman–Crippen MR) is 87.7 cm³/mol. The second-order valence-corrected chi connectivity index (χ2v) is 7.42. The molecule has 0 amide bonds. The summed E-state index contributed by atoms with van der Waals surface area (Å²) in [7, 11) is 0. The van der Waals surface area contributed by atoms with Crippen LogP contribution in [0.2, 0.25) is 0 Å². The Morgan fingerprint density at radius 2 is 2.16 bits per heavy atom. The minimum atomic E-state index is 0.123. The van der Waals surface area contributed by atoms with Crippen molar-refractivity contribution in [2.45, 2.75) is 46.6 Å². The lowest BCUT2D eigenvalue weighted by Crippen LogP contribution is -2.33. The van der Waals surface area contributed by atoms with Gasteiger partial charge in [0.1, 0.15) is 5.01 Å².